The Morgan fingerprint density at radius 3 is 2.44 bits per heavy atom. The molecule has 0 radical (unpaired) electrons. The van der Waals surface area contributed by atoms with Gasteiger partial charge in [-0.25, -0.2) is 0 Å². The molecule has 0 aromatic heterocycles. The Labute approximate surface area is 111 Å². The second-order valence-corrected chi connectivity index (χ2v) is 5.47. The minimum absolute atomic E-state index is 0.486. The fourth-order valence-corrected chi connectivity index (χ4v) is 2.89. The normalized spacial score (nSPS) is 18.9. The molecule has 1 fully saturated rings. The summed E-state index contributed by atoms with van der Waals surface area (Å²) in [5, 5.41) is 0. The summed E-state index contributed by atoms with van der Waals surface area (Å²) in [6.45, 7) is 6.52. The van der Waals surface area contributed by atoms with Crippen LogP contribution in [-0.4, -0.2) is 30.1 Å². The highest BCUT2D eigenvalue weighted by molar-refractivity contribution is 5.21. The smallest absolute Gasteiger partial charge is 0.0287 e. The minimum atomic E-state index is 0.486. The Balaban J connectivity index is 2.11. The summed E-state index contributed by atoms with van der Waals surface area (Å²) >= 11 is 0. The predicted octanol–water partition coefficient (Wildman–Crippen LogP) is 2.99. The van der Waals surface area contributed by atoms with E-state index in [9.17, 15) is 0 Å². The fraction of sp³-hybridized carbons (Fsp3) is 0.625. The van der Waals surface area contributed by atoms with Crippen LogP contribution in [0.3, 0.4) is 0 Å². The Bertz CT molecular complexity index is 345. The number of hydrogen-bond acceptors (Lipinski definition) is 2. The summed E-state index contributed by atoms with van der Waals surface area (Å²) < 4.78 is 0. The van der Waals surface area contributed by atoms with E-state index in [2.05, 4.69) is 49.1 Å². The molecular weight excluding hydrogens is 220 g/mol. The van der Waals surface area contributed by atoms with Crippen molar-refractivity contribution in [2.45, 2.75) is 51.1 Å². The highest BCUT2D eigenvalue weighted by atomic mass is 15.2. The van der Waals surface area contributed by atoms with Crippen molar-refractivity contribution in [3.63, 3.8) is 0 Å². The molecule has 1 aromatic carbocycles. The number of hydrogen-bond donors (Lipinski definition) is 1. The van der Waals surface area contributed by atoms with E-state index >= 15 is 0 Å². The highest BCUT2D eigenvalue weighted by Crippen LogP contribution is 2.33. The van der Waals surface area contributed by atoms with Crippen LogP contribution in [0.1, 0.15) is 44.6 Å². The Morgan fingerprint density at radius 2 is 1.94 bits per heavy atom. The summed E-state index contributed by atoms with van der Waals surface area (Å²) in [7, 11) is 0. The van der Waals surface area contributed by atoms with Gasteiger partial charge in [-0.05, 0) is 37.3 Å². The van der Waals surface area contributed by atoms with E-state index in [0.29, 0.717) is 12.0 Å². The third kappa shape index (κ3) is 3.12. The summed E-state index contributed by atoms with van der Waals surface area (Å²) in [6.07, 6.45) is 3.94. The van der Waals surface area contributed by atoms with E-state index in [1.165, 1.54) is 31.4 Å². The van der Waals surface area contributed by atoms with Crippen LogP contribution in [0.5, 0.6) is 0 Å². The molecule has 100 valence electrons. The SMILES string of the molecule is CCCN(C1CC1)C(CN)C(C)c1ccccc1. The number of rotatable bonds is 7. The number of nitrogens with zero attached hydrogens (tertiary/aromatic N) is 1. The lowest BCUT2D eigenvalue weighted by atomic mass is 9.92. The third-order valence-electron chi connectivity index (χ3n) is 4.07. The molecule has 1 aliphatic rings. The van der Waals surface area contributed by atoms with Crippen molar-refractivity contribution in [3.05, 3.63) is 35.9 Å². The first kappa shape index (κ1) is 13.6. The highest BCUT2D eigenvalue weighted by Gasteiger charge is 2.35. The van der Waals surface area contributed by atoms with Gasteiger partial charge in [0.05, 0.1) is 0 Å². The molecule has 1 saturated carbocycles. The summed E-state index contributed by atoms with van der Waals surface area (Å²) in [6, 6.07) is 12.1. The van der Waals surface area contributed by atoms with Crippen molar-refractivity contribution in [1.82, 2.24) is 4.90 Å². The molecule has 2 nitrogen and oxygen atoms in total. The van der Waals surface area contributed by atoms with Crippen LogP contribution in [0.25, 0.3) is 0 Å². The van der Waals surface area contributed by atoms with Gasteiger partial charge in [-0.3, -0.25) is 4.90 Å². The molecule has 2 heteroatoms. The lowest BCUT2D eigenvalue weighted by molar-refractivity contribution is 0.169. The molecule has 2 unspecified atom stereocenters. The quantitative estimate of drug-likeness (QED) is 0.801. The molecule has 2 rings (SSSR count). The lowest BCUT2D eigenvalue weighted by Gasteiger charge is -2.35. The maximum Gasteiger partial charge on any atom is 0.0287 e. The number of nitrogens with two attached hydrogens (primary N) is 1. The Morgan fingerprint density at radius 1 is 1.28 bits per heavy atom. The van der Waals surface area contributed by atoms with E-state index in [4.69, 9.17) is 5.73 Å². The van der Waals surface area contributed by atoms with Crippen LogP contribution >= 0.6 is 0 Å². The largest absolute Gasteiger partial charge is 0.329 e. The van der Waals surface area contributed by atoms with Crippen LogP contribution in [0.15, 0.2) is 30.3 Å². The van der Waals surface area contributed by atoms with Gasteiger partial charge < -0.3 is 5.73 Å². The van der Waals surface area contributed by atoms with Gasteiger partial charge in [0, 0.05) is 18.6 Å². The van der Waals surface area contributed by atoms with E-state index < -0.39 is 0 Å². The summed E-state index contributed by atoms with van der Waals surface area (Å²) in [5.74, 6) is 0.517. The Kier molecular flexibility index (Phi) is 4.79. The molecule has 0 bridgehead atoms. The molecule has 1 aliphatic carbocycles. The average Bonchev–Trinajstić information content (AvgIpc) is 3.23. The number of benzene rings is 1. The minimum Gasteiger partial charge on any atom is -0.329 e. The molecule has 2 N–H and O–H groups in total. The zero-order valence-electron chi connectivity index (χ0n) is 11.7. The first-order chi connectivity index (χ1) is 8.77. The molecule has 0 spiro atoms. The topological polar surface area (TPSA) is 29.3 Å². The van der Waals surface area contributed by atoms with Crippen LogP contribution in [0.2, 0.25) is 0 Å². The van der Waals surface area contributed by atoms with Crippen LogP contribution in [0, 0.1) is 0 Å². The first-order valence-electron chi connectivity index (χ1n) is 7.28. The first-order valence-corrected chi connectivity index (χ1v) is 7.28. The molecule has 0 saturated heterocycles. The van der Waals surface area contributed by atoms with Crippen molar-refractivity contribution < 1.29 is 0 Å². The maximum atomic E-state index is 6.07. The van der Waals surface area contributed by atoms with Crippen molar-refractivity contribution in [2.75, 3.05) is 13.1 Å². The summed E-state index contributed by atoms with van der Waals surface area (Å²) in [5.41, 5.74) is 7.48. The molecule has 0 aliphatic heterocycles. The van der Waals surface area contributed by atoms with Gasteiger partial charge in [0.25, 0.3) is 0 Å². The Hall–Kier alpha value is -0.860. The van der Waals surface area contributed by atoms with Crippen molar-refractivity contribution in [3.8, 4) is 0 Å². The van der Waals surface area contributed by atoms with Crippen LogP contribution in [0.4, 0.5) is 0 Å². The zero-order valence-corrected chi connectivity index (χ0v) is 11.7. The monoisotopic (exact) mass is 246 g/mol. The lowest BCUT2D eigenvalue weighted by Crippen LogP contribution is -2.45. The second-order valence-electron chi connectivity index (χ2n) is 5.47. The summed E-state index contributed by atoms with van der Waals surface area (Å²) in [4.78, 5) is 2.65. The maximum absolute atomic E-state index is 6.07. The van der Waals surface area contributed by atoms with Gasteiger partial charge in [-0.15, -0.1) is 0 Å². The van der Waals surface area contributed by atoms with E-state index in [-0.39, 0.29) is 0 Å². The van der Waals surface area contributed by atoms with E-state index in [1.807, 2.05) is 0 Å². The van der Waals surface area contributed by atoms with Crippen LogP contribution < -0.4 is 5.73 Å². The standard InChI is InChI=1S/C16H26N2/c1-3-11-18(15-9-10-15)16(12-17)13(2)14-7-5-4-6-8-14/h4-8,13,15-16H,3,9-12,17H2,1-2H3. The van der Waals surface area contributed by atoms with Gasteiger partial charge in [0.15, 0.2) is 0 Å². The van der Waals surface area contributed by atoms with Crippen molar-refractivity contribution in [2.24, 2.45) is 5.73 Å². The zero-order chi connectivity index (χ0) is 13.0. The van der Waals surface area contributed by atoms with Gasteiger partial charge in [-0.2, -0.15) is 0 Å². The molecule has 18 heavy (non-hydrogen) atoms. The molecule has 2 atom stereocenters. The molecular formula is C16H26N2. The van der Waals surface area contributed by atoms with Crippen LogP contribution in [-0.2, 0) is 0 Å². The van der Waals surface area contributed by atoms with Gasteiger partial charge >= 0.3 is 0 Å². The van der Waals surface area contributed by atoms with E-state index in [0.717, 1.165) is 12.6 Å². The van der Waals surface area contributed by atoms with Gasteiger partial charge in [-0.1, -0.05) is 44.2 Å². The second kappa shape index (κ2) is 6.35. The van der Waals surface area contributed by atoms with Gasteiger partial charge in [0.1, 0.15) is 0 Å². The molecule has 1 aromatic rings. The average molecular weight is 246 g/mol. The fourth-order valence-electron chi connectivity index (χ4n) is 2.89. The third-order valence-corrected chi connectivity index (χ3v) is 4.07. The van der Waals surface area contributed by atoms with Crippen molar-refractivity contribution in [1.29, 1.82) is 0 Å². The molecule has 0 amide bonds. The predicted molar refractivity (Wildman–Crippen MR) is 77.7 cm³/mol. The van der Waals surface area contributed by atoms with Crippen molar-refractivity contribution >= 4 is 0 Å². The van der Waals surface area contributed by atoms with Gasteiger partial charge in [0.2, 0.25) is 0 Å². The molecule has 0 heterocycles. The van der Waals surface area contributed by atoms with E-state index in [1.54, 1.807) is 0 Å².